The molecule has 228 valence electrons. The predicted octanol–water partition coefficient (Wildman–Crippen LogP) is -3.49. The van der Waals surface area contributed by atoms with E-state index in [0.29, 0.717) is 5.56 Å². The third-order valence-electron chi connectivity index (χ3n) is 7.23. The Balaban J connectivity index is 1.65. The molecule has 0 bridgehead atoms. The number of nitrogens with zero attached hydrogens (tertiary/aromatic N) is 4. The number of aliphatic hydroxyl groups excluding tert-OH is 2. The standard InChI is InChI=1S/C25H29N9O9/c26-20(37)14(7-10-9-29-13-4-2-1-3-12(10)13)30-23(40)15-8-11(34-17(22(28)39)16(21(27)38)31-32-34)5-6-33(15)24(41)18(35)19(36)25(42)43/h1-4,9,11,14-15,18-19,29,35-36H,5-8H2,(H2,26,37)(H2,27,38)(H2,28,39)(H,30,40)(H,42,43). The van der Waals surface area contributed by atoms with Gasteiger partial charge in [-0.3, -0.25) is 24.0 Å². The first kappa shape index (κ1) is 30.6. The van der Waals surface area contributed by atoms with Crippen LogP contribution in [0.15, 0.2) is 30.5 Å². The number of carboxylic acids is 1. The molecular weight excluding hydrogens is 570 g/mol. The summed E-state index contributed by atoms with van der Waals surface area (Å²) >= 11 is 0. The van der Waals surface area contributed by atoms with E-state index in [1.165, 1.54) is 0 Å². The van der Waals surface area contributed by atoms with Gasteiger partial charge in [-0.15, -0.1) is 5.10 Å². The largest absolute Gasteiger partial charge is 0.479 e. The van der Waals surface area contributed by atoms with Crippen molar-refractivity contribution in [2.45, 2.75) is 49.6 Å². The summed E-state index contributed by atoms with van der Waals surface area (Å²) in [4.78, 5) is 78.1. The van der Waals surface area contributed by atoms with Crippen LogP contribution in [0.2, 0.25) is 0 Å². The molecule has 1 fully saturated rings. The van der Waals surface area contributed by atoms with Gasteiger partial charge in [0.2, 0.25) is 11.8 Å². The fourth-order valence-electron chi connectivity index (χ4n) is 5.08. The van der Waals surface area contributed by atoms with Crippen LogP contribution in [0.3, 0.4) is 0 Å². The number of fused-ring (bicyclic) bond motifs is 1. The number of aliphatic hydroxyl groups is 2. The van der Waals surface area contributed by atoms with Gasteiger partial charge in [0.05, 0.1) is 6.04 Å². The van der Waals surface area contributed by atoms with Gasteiger partial charge in [-0.05, 0) is 24.5 Å². The molecule has 1 aliphatic heterocycles. The minimum Gasteiger partial charge on any atom is -0.479 e. The monoisotopic (exact) mass is 599 g/mol. The van der Waals surface area contributed by atoms with Crippen molar-refractivity contribution in [2.75, 3.05) is 6.54 Å². The molecule has 1 aromatic carbocycles. The average Bonchev–Trinajstić information content (AvgIpc) is 3.60. The van der Waals surface area contributed by atoms with Gasteiger partial charge < -0.3 is 47.7 Å². The second-order valence-electron chi connectivity index (χ2n) is 9.94. The Morgan fingerprint density at radius 3 is 2.37 bits per heavy atom. The maximum Gasteiger partial charge on any atom is 0.335 e. The third kappa shape index (κ3) is 6.14. The van der Waals surface area contributed by atoms with E-state index in [0.717, 1.165) is 20.5 Å². The molecular formula is C25H29N9O9. The molecule has 18 heteroatoms. The van der Waals surface area contributed by atoms with E-state index in [4.69, 9.17) is 22.3 Å². The molecule has 0 aliphatic carbocycles. The smallest absolute Gasteiger partial charge is 0.335 e. The molecule has 2 aromatic heterocycles. The Labute approximate surface area is 241 Å². The van der Waals surface area contributed by atoms with E-state index >= 15 is 0 Å². The highest BCUT2D eigenvalue weighted by Crippen LogP contribution is 2.30. The molecule has 0 radical (unpaired) electrons. The first-order valence-corrected chi connectivity index (χ1v) is 12.9. The fourth-order valence-corrected chi connectivity index (χ4v) is 5.08. The zero-order valence-electron chi connectivity index (χ0n) is 22.4. The van der Waals surface area contributed by atoms with Crippen molar-refractivity contribution in [3.8, 4) is 0 Å². The minimum atomic E-state index is -2.50. The molecule has 0 spiro atoms. The second-order valence-corrected chi connectivity index (χ2v) is 9.94. The summed E-state index contributed by atoms with van der Waals surface area (Å²) in [5.41, 5.74) is 16.8. The van der Waals surface area contributed by atoms with Gasteiger partial charge in [0.15, 0.2) is 23.6 Å². The van der Waals surface area contributed by atoms with Crippen molar-refractivity contribution in [2.24, 2.45) is 17.2 Å². The number of aromatic nitrogens is 4. The lowest BCUT2D eigenvalue weighted by molar-refractivity contribution is -0.165. The van der Waals surface area contributed by atoms with Gasteiger partial charge in [-0.2, -0.15) is 0 Å². The lowest BCUT2D eigenvalue weighted by Crippen LogP contribution is -2.60. The number of carbonyl (C=O) groups excluding carboxylic acids is 5. The van der Waals surface area contributed by atoms with E-state index in [1.807, 2.05) is 12.1 Å². The number of nitrogens with two attached hydrogens (primary N) is 3. The molecule has 5 amide bonds. The fraction of sp³-hybridized carbons (Fsp3) is 0.360. The van der Waals surface area contributed by atoms with Gasteiger partial charge in [0, 0.05) is 30.1 Å². The average molecular weight is 600 g/mol. The summed E-state index contributed by atoms with van der Waals surface area (Å²) in [6.45, 7) is -0.321. The number of aliphatic carboxylic acids is 1. The van der Waals surface area contributed by atoms with Crippen LogP contribution in [0.5, 0.6) is 0 Å². The molecule has 5 atom stereocenters. The Hall–Kier alpha value is -5.36. The van der Waals surface area contributed by atoms with Crippen molar-refractivity contribution < 1.29 is 44.1 Å². The van der Waals surface area contributed by atoms with Crippen molar-refractivity contribution in [1.29, 1.82) is 0 Å². The molecule has 3 heterocycles. The number of rotatable bonds is 11. The highest BCUT2D eigenvalue weighted by Gasteiger charge is 2.43. The Bertz CT molecular complexity index is 1600. The molecule has 1 saturated heterocycles. The van der Waals surface area contributed by atoms with Crippen LogP contribution in [-0.2, 0) is 25.6 Å². The first-order chi connectivity index (χ1) is 20.3. The number of piperidine rings is 1. The number of carbonyl (C=O) groups is 6. The topological polar surface area (TPSA) is 303 Å². The molecule has 5 unspecified atom stereocenters. The Kier molecular flexibility index (Phi) is 8.72. The highest BCUT2D eigenvalue weighted by molar-refractivity contribution is 6.03. The van der Waals surface area contributed by atoms with Gasteiger partial charge in [-0.1, -0.05) is 23.4 Å². The number of primary amides is 3. The summed E-state index contributed by atoms with van der Waals surface area (Å²) in [6, 6.07) is 3.55. The van der Waals surface area contributed by atoms with Crippen LogP contribution in [0.1, 0.15) is 45.4 Å². The Morgan fingerprint density at radius 1 is 1.05 bits per heavy atom. The highest BCUT2D eigenvalue weighted by atomic mass is 16.4. The first-order valence-electron chi connectivity index (χ1n) is 12.9. The lowest BCUT2D eigenvalue weighted by Gasteiger charge is -2.40. The van der Waals surface area contributed by atoms with Crippen molar-refractivity contribution >= 4 is 46.4 Å². The van der Waals surface area contributed by atoms with E-state index in [1.54, 1.807) is 18.3 Å². The van der Waals surface area contributed by atoms with E-state index in [9.17, 15) is 39.0 Å². The maximum absolute atomic E-state index is 13.7. The second kappa shape index (κ2) is 12.2. The number of nitrogens with one attached hydrogen (secondary N) is 2. The molecule has 0 saturated carbocycles. The van der Waals surface area contributed by atoms with Crippen LogP contribution in [0.4, 0.5) is 0 Å². The van der Waals surface area contributed by atoms with E-state index in [-0.39, 0.29) is 25.8 Å². The van der Waals surface area contributed by atoms with Crippen LogP contribution < -0.4 is 22.5 Å². The van der Waals surface area contributed by atoms with Gasteiger partial charge >= 0.3 is 5.97 Å². The molecule has 1 aliphatic rings. The quantitative estimate of drug-likeness (QED) is 0.107. The Morgan fingerprint density at radius 2 is 1.74 bits per heavy atom. The zero-order valence-corrected chi connectivity index (χ0v) is 22.4. The van der Waals surface area contributed by atoms with Gasteiger partial charge in [0.1, 0.15) is 12.1 Å². The number of H-pyrrole nitrogens is 1. The molecule has 43 heavy (non-hydrogen) atoms. The normalized spacial score (nSPS) is 18.9. The third-order valence-corrected chi connectivity index (χ3v) is 7.23. The zero-order chi connectivity index (χ0) is 31.6. The number of hydrogen-bond acceptors (Lipinski definition) is 10. The number of benzene rings is 1. The van der Waals surface area contributed by atoms with Crippen LogP contribution in [0, 0.1) is 0 Å². The van der Waals surface area contributed by atoms with Gasteiger partial charge in [0.25, 0.3) is 17.7 Å². The summed E-state index contributed by atoms with van der Waals surface area (Å²) in [5, 5.41) is 39.7. The minimum absolute atomic E-state index is 0.0353. The molecule has 11 N–H and O–H groups in total. The van der Waals surface area contributed by atoms with Crippen LogP contribution in [-0.4, -0.2) is 107 Å². The number of carboxylic acid groups (broad SMARTS) is 1. The van der Waals surface area contributed by atoms with Crippen molar-refractivity contribution in [3.05, 3.63) is 47.4 Å². The number of likely N-dealkylation sites (tertiary alicyclic amines) is 1. The van der Waals surface area contributed by atoms with E-state index in [2.05, 4.69) is 20.6 Å². The van der Waals surface area contributed by atoms with Crippen LogP contribution in [0.25, 0.3) is 10.9 Å². The lowest BCUT2D eigenvalue weighted by atomic mass is 9.94. The van der Waals surface area contributed by atoms with Crippen LogP contribution >= 0.6 is 0 Å². The maximum atomic E-state index is 13.7. The SMILES string of the molecule is NC(=O)c1nnn(C2CCN(C(=O)C(O)C(O)C(=O)O)C(C(=O)NC(Cc3c[nH]c4ccccc34)C(N)=O)C2)c1C(N)=O. The van der Waals surface area contributed by atoms with E-state index < -0.39 is 77.2 Å². The number of hydrogen-bond donors (Lipinski definition) is 8. The predicted molar refractivity (Wildman–Crippen MR) is 144 cm³/mol. The number of aromatic amines is 1. The molecule has 18 nitrogen and oxygen atoms in total. The molecule has 3 aromatic rings. The van der Waals surface area contributed by atoms with Crippen molar-refractivity contribution in [3.63, 3.8) is 0 Å². The number of amides is 5. The summed E-state index contributed by atoms with van der Waals surface area (Å²) in [6.07, 6.45) is -3.68. The van der Waals surface area contributed by atoms with Crippen molar-refractivity contribution in [1.82, 2.24) is 30.2 Å². The summed E-state index contributed by atoms with van der Waals surface area (Å²) in [5.74, 6) is -7.16. The van der Waals surface area contributed by atoms with Gasteiger partial charge in [-0.25, -0.2) is 9.48 Å². The number of para-hydroxylation sites is 1. The molecule has 4 rings (SSSR count). The summed E-state index contributed by atoms with van der Waals surface area (Å²) in [7, 11) is 0. The summed E-state index contributed by atoms with van der Waals surface area (Å²) < 4.78 is 0.991.